The monoisotopic (exact) mass is 312 g/mol. The molecule has 2 N–H and O–H groups in total. The molecule has 1 aromatic rings. The number of carbonyl (C=O) groups excluding carboxylic acids is 1. The smallest absolute Gasteiger partial charge is 0.245 e. The van der Waals surface area contributed by atoms with E-state index in [1.165, 1.54) is 0 Å². The molecule has 0 saturated carbocycles. The van der Waals surface area contributed by atoms with Crippen molar-refractivity contribution in [3.63, 3.8) is 0 Å². The van der Waals surface area contributed by atoms with Crippen molar-refractivity contribution in [1.82, 2.24) is 5.32 Å². The number of hydrogen-bond donors (Lipinski definition) is 2. The summed E-state index contributed by atoms with van der Waals surface area (Å²) in [5, 5.41) is 12.3. The van der Waals surface area contributed by atoms with Gasteiger partial charge >= 0.3 is 0 Å². The normalized spacial score (nSPS) is 20.5. The summed E-state index contributed by atoms with van der Waals surface area (Å²) in [6.07, 6.45) is 0.878. The summed E-state index contributed by atoms with van der Waals surface area (Å²) in [7, 11) is 0. The van der Waals surface area contributed by atoms with Crippen LogP contribution in [0.1, 0.15) is 12.0 Å². The van der Waals surface area contributed by atoms with Crippen LogP contribution in [0.2, 0.25) is 0 Å². The van der Waals surface area contributed by atoms with E-state index >= 15 is 0 Å². The minimum absolute atomic E-state index is 0.109. The number of anilines is 1. The van der Waals surface area contributed by atoms with Crippen LogP contribution in [0.5, 0.6) is 0 Å². The molecule has 98 valence electrons. The molecule has 1 fully saturated rings. The number of nitrogens with one attached hydrogen (secondary N) is 1. The zero-order valence-corrected chi connectivity index (χ0v) is 11.9. The van der Waals surface area contributed by atoms with Gasteiger partial charge in [-0.05, 0) is 47.0 Å². The molecule has 0 radical (unpaired) electrons. The van der Waals surface area contributed by atoms with Crippen LogP contribution in [-0.4, -0.2) is 36.8 Å². The van der Waals surface area contributed by atoms with Crippen LogP contribution in [0.4, 0.5) is 5.69 Å². The van der Waals surface area contributed by atoms with Crippen molar-refractivity contribution >= 4 is 27.5 Å². The zero-order chi connectivity index (χ0) is 13.1. The van der Waals surface area contributed by atoms with Crippen molar-refractivity contribution in [2.24, 2.45) is 0 Å². The first-order valence-electron chi connectivity index (χ1n) is 6.05. The average molecular weight is 313 g/mol. The first kappa shape index (κ1) is 13.4. The number of nitrogens with zero attached hydrogens (tertiary/aromatic N) is 1. The van der Waals surface area contributed by atoms with Gasteiger partial charge in [0.05, 0.1) is 12.3 Å². The maximum atomic E-state index is 11.9. The Balaban J connectivity index is 2.36. The van der Waals surface area contributed by atoms with Gasteiger partial charge in [0.15, 0.2) is 0 Å². The first-order valence-corrected chi connectivity index (χ1v) is 6.84. The third-order valence-electron chi connectivity index (χ3n) is 3.14. The van der Waals surface area contributed by atoms with Gasteiger partial charge in [0.2, 0.25) is 5.91 Å². The summed E-state index contributed by atoms with van der Waals surface area (Å²) in [5.41, 5.74) is 2.11. The summed E-state index contributed by atoms with van der Waals surface area (Å²) >= 11 is 3.53. The number of benzene rings is 1. The molecule has 18 heavy (non-hydrogen) atoms. The fourth-order valence-corrected chi connectivity index (χ4v) is 2.91. The Kier molecular flexibility index (Phi) is 4.24. The fraction of sp³-hybridized carbons (Fsp3) is 0.462. The van der Waals surface area contributed by atoms with E-state index in [0.29, 0.717) is 6.54 Å². The average Bonchev–Trinajstić information content (AvgIpc) is 2.51. The van der Waals surface area contributed by atoms with Crippen LogP contribution < -0.4 is 10.2 Å². The maximum absolute atomic E-state index is 11.9. The number of halogens is 1. The fourth-order valence-electron chi connectivity index (χ4n) is 2.19. The Morgan fingerprint density at radius 3 is 3.00 bits per heavy atom. The second-order valence-electron chi connectivity index (χ2n) is 4.49. The minimum atomic E-state index is -0.508. The number of hydrogen-bond acceptors (Lipinski definition) is 3. The van der Waals surface area contributed by atoms with Gasteiger partial charge in [-0.2, -0.15) is 0 Å². The van der Waals surface area contributed by atoms with E-state index in [0.717, 1.165) is 28.7 Å². The van der Waals surface area contributed by atoms with Crippen molar-refractivity contribution in [3.05, 3.63) is 28.2 Å². The Hall–Kier alpha value is -1.07. The number of carbonyl (C=O) groups is 1. The number of amides is 1. The molecule has 1 heterocycles. The summed E-state index contributed by atoms with van der Waals surface area (Å²) in [5.74, 6) is -0.109. The van der Waals surface area contributed by atoms with Gasteiger partial charge in [-0.3, -0.25) is 4.79 Å². The lowest BCUT2D eigenvalue weighted by atomic mass is 10.1. The van der Waals surface area contributed by atoms with Gasteiger partial charge in [-0.1, -0.05) is 6.07 Å². The second kappa shape index (κ2) is 5.71. The van der Waals surface area contributed by atoms with E-state index in [9.17, 15) is 9.90 Å². The second-order valence-corrected chi connectivity index (χ2v) is 5.35. The van der Waals surface area contributed by atoms with E-state index in [1.54, 1.807) is 0 Å². The summed E-state index contributed by atoms with van der Waals surface area (Å²) in [6, 6.07) is 5.51. The zero-order valence-electron chi connectivity index (χ0n) is 10.3. The topological polar surface area (TPSA) is 52.6 Å². The largest absolute Gasteiger partial charge is 0.394 e. The van der Waals surface area contributed by atoms with E-state index in [4.69, 9.17) is 0 Å². The number of rotatable bonds is 2. The summed E-state index contributed by atoms with van der Waals surface area (Å²) in [4.78, 5) is 13.8. The molecular formula is C13H17BrN2O2. The van der Waals surface area contributed by atoms with E-state index in [-0.39, 0.29) is 12.5 Å². The maximum Gasteiger partial charge on any atom is 0.245 e. The quantitative estimate of drug-likeness (QED) is 0.869. The Bertz CT molecular complexity index is 451. The molecule has 1 saturated heterocycles. The van der Waals surface area contributed by atoms with Crippen molar-refractivity contribution < 1.29 is 9.90 Å². The summed E-state index contributed by atoms with van der Waals surface area (Å²) in [6.45, 7) is 3.26. The standard InChI is InChI=1S/C13H17BrN2O2/c1-9-3-4-11(10(14)7-9)16-6-2-5-15-13(18)12(16)8-17/h3-4,7,12,17H,2,5-6,8H2,1H3,(H,15,18). The third-order valence-corrected chi connectivity index (χ3v) is 3.77. The Labute approximate surface area is 115 Å². The molecular weight excluding hydrogens is 296 g/mol. The Morgan fingerprint density at radius 1 is 1.56 bits per heavy atom. The van der Waals surface area contributed by atoms with Gasteiger partial charge in [0, 0.05) is 17.6 Å². The van der Waals surface area contributed by atoms with Crippen LogP contribution in [0.25, 0.3) is 0 Å². The Morgan fingerprint density at radius 2 is 2.33 bits per heavy atom. The van der Waals surface area contributed by atoms with Crippen LogP contribution in [0.15, 0.2) is 22.7 Å². The lowest BCUT2D eigenvalue weighted by Gasteiger charge is -2.30. The highest BCUT2D eigenvalue weighted by Gasteiger charge is 2.28. The molecule has 2 rings (SSSR count). The molecule has 1 amide bonds. The van der Waals surface area contributed by atoms with Gasteiger partial charge in [-0.25, -0.2) is 0 Å². The van der Waals surface area contributed by atoms with Crippen LogP contribution in [-0.2, 0) is 4.79 Å². The minimum Gasteiger partial charge on any atom is -0.394 e. The SMILES string of the molecule is Cc1ccc(N2CCCNC(=O)C2CO)c(Br)c1. The predicted octanol–water partition coefficient (Wildman–Crippen LogP) is 1.44. The molecule has 5 heteroatoms. The van der Waals surface area contributed by atoms with Crippen molar-refractivity contribution in [3.8, 4) is 0 Å². The highest BCUT2D eigenvalue weighted by molar-refractivity contribution is 9.10. The molecule has 0 bridgehead atoms. The van der Waals surface area contributed by atoms with Crippen LogP contribution in [0.3, 0.4) is 0 Å². The van der Waals surface area contributed by atoms with Crippen LogP contribution >= 0.6 is 15.9 Å². The highest BCUT2D eigenvalue weighted by Crippen LogP contribution is 2.29. The molecule has 1 unspecified atom stereocenters. The molecule has 0 spiro atoms. The first-order chi connectivity index (χ1) is 8.63. The molecule has 1 aliphatic heterocycles. The van der Waals surface area contributed by atoms with E-state index in [2.05, 4.69) is 21.2 Å². The number of aliphatic hydroxyl groups excluding tert-OH is 1. The number of aliphatic hydroxyl groups is 1. The molecule has 1 aliphatic rings. The highest BCUT2D eigenvalue weighted by atomic mass is 79.9. The van der Waals surface area contributed by atoms with E-state index in [1.807, 2.05) is 30.0 Å². The van der Waals surface area contributed by atoms with E-state index < -0.39 is 6.04 Å². The van der Waals surface area contributed by atoms with Gasteiger partial charge in [0.25, 0.3) is 0 Å². The van der Waals surface area contributed by atoms with Crippen LogP contribution in [0, 0.1) is 6.92 Å². The lowest BCUT2D eigenvalue weighted by molar-refractivity contribution is -0.122. The molecule has 0 aliphatic carbocycles. The molecule has 1 aromatic carbocycles. The number of aryl methyl sites for hydroxylation is 1. The molecule has 1 atom stereocenters. The van der Waals surface area contributed by atoms with Gasteiger partial charge < -0.3 is 15.3 Å². The molecule has 4 nitrogen and oxygen atoms in total. The van der Waals surface area contributed by atoms with Crippen molar-refractivity contribution in [1.29, 1.82) is 0 Å². The predicted molar refractivity (Wildman–Crippen MR) is 74.7 cm³/mol. The summed E-state index contributed by atoms with van der Waals surface area (Å²) < 4.78 is 0.954. The van der Waals surface area contributed by atoms with Gasteiger partial charge in [-0.15, -0.1) is 0 Å². The molecule has 0 aromatic heterocycles. The lowest BCUT2D eigenvalue weighted by Crippen LogP contribution is -2.47. The van der Waals surface area contributed by atoms with Gasteiger partial charge in [0.1, 0.15) is 6.04 Å². The van der Waals surface area contributed by atoms with Crippen molar-refractivity contribution in [2.75, 3.05) is 24.6 Å². The van der Waals surface area contributed by atoms with Crippen molar-refractivity contribution in [2.45, 2.75) is 19.4 Å². The third kappa shape index (κ3) is 2.67.